The van der Waals surface area contributed by atoms with Crippen molar-refractivity contribution in [3.05, 3.63) is 70.3 Å². The van der Waals surface area contributed by atoms with Gasteiger partial charge in [-0.15, -0.1) is 0 Å². The van der Waals surface area contributed by atoms with Gasteiger partial charge >= 0.3 is 5.69 Å². The first-order chi connectivity index (χ1) is 13.6. The minimum atomic E-state index is -0.570. The zero-order valence-corrected chi connectivity index (χ0v) is 14.5. The summed E-state index contributed by atoms with van der Waals surface area (Å²) in [6, 6.07) is 11.4. The summed E-state index contributed by atoms with van der Waals surface area (Å²) in [4.78, 5) is 34.1. The number of aromatic nitrogens is 2. The molecule has 0 atom stereocenters. The number of nitrogens with one attached hydrogen (secondary N) is 2. The van der Waals surface area contributed by atoms with Crippen molar-refractivity contribution in [3.63, 3.8) is 0 Å². The van der Waals surface area contributed by atoms with Gasteiger partial charge in [0.2, 0.25) is 11.4 Å². The molecule has 10 heteroatoms. The van der Waals surface area contributed by atoms with E-state index in [2.05, 4.69) is 25.6 Å². The molecule has 0 radical (unpaired) electrons. The highest BCUT2D eigenvalue weighted by atomic mass is 16.6. The van der Waals surface area contributed by atoms with E-state index >= 15 is 0 Å². The van der Waals surface area contributed by atoms with Crippen molar-refractivity contribution < 1.29 is 19.1 Å². The van der Waals surface area contributed by atoms with Crippen LogP contribution < -0.4 is 10.6 Å². The lowest BCUT2D eigenvalue weighted by atomic mass is 10.1. The number of rotatable bonds is 8. The van der Waals surface area contributed by atoms with Crippen molar-refractivity contribution in [1.29, 1.82) is 0 Å². The second kappa shape index (κ2) is 8.54. The average molecular weight is 381 g/mol. The first kappa shape index (κ1) is 18.7. The van der Waals surface area contributed by atoms with Crippen LogP contribution in [-0.4, -0.2) is 40.0 Å². The van der Waals surface area contributed by atoms with E-state index in [1.807, 2.05) is 0 Å². The molecular weight excluding hydrogens is 366 g/mol. The van der Waals surface area contributed by atoms with Gasteiger partial charge in [0.1, 0.15) is 0 Å². The van der Waals surface area contributed by atoms with Crippen molar-refractivity contribution >= 4 is 34.1 Å². The Balaban J connectivity index is 1.50. The number of non-ortho nitro benzene ring substituents is 1. The van der Waals surface area contributed by atoms with Crippen molar-refractivity contribution in [2.75, 3.05) is 18.4 Å². The number of nitrogens with zero attached hydrogens (tertiary/aromatic N) is 3. The summed E-state index contributed by atoms with van der Waals surface area (Å²) in [6.45, 7) is 0.582. The molecule has 1 aromatic heterocycles. The van der Waals surface area contributed by atoms with E-state index in [9.17, 15) is 19.7 Å². The Morgan fingerprint density at radius 3 is 2.54 bits per heavy atom. The zero-order chi connectivity index (χ0) is 19.9. The van der Waals surface area contributed by atoms with E-state index in [4.69, 9.17) is 0 Å². The normalized spacial score (nSPS) is 10.9. The number of amides is 1. The molecule has 0 spiro atoms. The van der Waals surface area contributed by atoms with Crippen LogP contribution in [-0.2, 0) is 4.79 Å². The number of nitro benzene ring substituents is 1. The fourth-order valence-electron chi connectivity index (χ4n) is 2.44. The lowest BCUT2D eigenvalue weighted by Crippen LogP contribution is -2.27. The molecule has 0 aliphatic heterocycles. The van der Waals surface area contributed by atoms with Gasteiger partial charge in [0.25, 0.3) is 0 Å². The molecule has 1 heterocycles. The second-order valence-corrected chi connectivity index (χ2v) is 5.63. The fourth-order valence-corrected chi connectivity index (χ4v) is 2.44. The summed E-state index contributed by atoms with van der Waals surface area (Å²) in [5.41, 5.74) is 1.06. The van der Waals surface area contributed by atoms with Crippen LogP contribution in [0.5, 0.6) is 0 Å². The van der Waals surface area contributed by atoms with Crippen molar-refractivity contribution in [3.8, 4) is 0 Å². The number of hydrogen-bond acceptors (Lipinski definition) is 8. The fraction of sp³-hybridized carbons (Fsp3) is 0.111. The van der Waals surface area contributed by atoms with Gasteiger partial charge in [-0.2, -0.15) is 0 Å². The number of benzene rings is 2. The molecule has 2 aromatic carbocycles. The SMILES string of the molecule is O=C(C=CC(=O)c1ccccc1)NCCNc1ccc([N+](=O)[O-])c2nonc12. The molecule has 0 aliphatic carbocycles. The summed E-state index contributed by atoms with van der Waals surface area (Å²) >= 11 is 0. The third-order valence-corrected chi connectivity index (χ3v) is 3.77. The third kappa shape index (κ3) is 4.36. The zero-order valence-electron chi connectivity index (χ0n) is 14.5. The van der Waals surface area contributed by atoms with E-state index in [1.54, 1.807) is 30.3 Å². The highest BCUT2D eigenvalue weighted by molar-refractivity contribution is 6.07. The molecule has 0 bridgehead atoms. The molecule has 10 nitrogen and oxygen atoms in total. The van der Waals surface area contributed by atoms with Crippen LogP contribution in [0.4, 0.5) is 11.4 Å². The molecule has 0 saturated heterocycles. The summed E-state index contributed by atoms with van der Waals surface area (Å²) < 4.78 is 4.58. The molecule has 142 valence electrons. The summed E-state index contributed by atoms with van der Waals surface area (Å²) in [6.07, 6.45) is 2.37. The van der Waals surface area contributed by atoms with Crippen LogP contribution in [0.1, 0.15) is 10.4 Å². The van der Waals surface area contributed by atoms with E-state index in [-0.39, 0.29) is 29.0 Å². The maximum atomic E-state index is 11.9. The van der Waals surface area contributed by atoms with E-state index < -0.39 is 10.8 Å². The van der Waals surface area contributed by atoms with Crippen LogP contribution in [0.15, 0.2) is 59.2 Å². The van der Waals surface area contributed by atoms with E-state index in [1.165, 1.54) is 24.3 Å². The highest BCUT2D eigenvalue weighted by Crippen LogP contribution is 2.28. The number of hydrogen-bond donors (Lipinski definition) is 2. The maximum Gasteiger partial charge on any atom is 0.300 e. The Morgan fingerprint density at radius 2 is 1.79 bits per heavy atom. The largest absolute Gasteiger partial charge is 0.381 e. The molecule has 0 saturated carbocycles. The Morgan fingerprint density at radius 1 is 1.04 bits per heavy atom. The molecule has 0 fully saturated rings. The average Bonchev–Trinajstić information content (AvgIpc) is 3.19. The summed E-state index contributed by atoms with van der Waals surface area (Å²) in [5, 5.41) is 23.8. The highest BCUT2D eigenvalue weighted by Gasteiger charge is 2.19. The Kier molecular flexibility index (Phi) is 5.70. The van der Waals surface area contributed by atoms with Crippen molar-refractivity contribution in [1.82, 2.24) is 15.6 Å². The minimum absolute atomic E-state index is 0.0430. The smallest absolute Gasteiger partial charge is 0.300 e. The van der Waals surface area contributed by atoms with Crippen LogP contribution >= 0.6 is 0 Å². The van der Waals surface area contributed by atoms with E-state index in [0.717, 1.165) is 0 Å². The number of ketones is 1. The van der Waals surface area contributed by atoms with Gasteiger partial charge in [0, 0.05) is 30.8 Å². The number of nitro groups is 1. The number of carbonyl (C=O) groups is 2. The van der Waals surface area contributed by atoms with Gasteiger partial charge in [-0.05, 0) is 22.5 Å². The number of fused-ring (bicyclic) bond motifs is 1. The van der Waals surface area contributed by atoms with Crippen LogP contribution in [0.2, 0.25) is 0 Å². The molecule has 0 unspecified atom stereocenters. The Hall–Kier alpha value is -4.08. The predicted octanol–water partition coefficient (Wildman–Crippen LogP) is 2.10. The molecule has 3 aromatic rings. The number of anilines is 1. The van der Waals surface area contributed by atoms with Gasteiger partial charge in [0.05, 0.1) is 10.6 Å². The first-order valence-electron chi connectivity index (χ1n) is 8.25. The molecule has 2 N–H and O–H groups in total. The van der Waals surface area contributed by atoms with Gasteiger partial charge in [-0.1, -0.05) is 30.3 Å². The monoisotopic (exact) mass is 381 g/mol. The molecule has 3 rings (SSSR count). The van der Waals surface area contributed by atoms with E-state index in [0.29, 0.717) is 17.8 Å². The standard InChI is InChI=1S/C18H15N5O5/c24-15(12-4-2-1-3-5-12)8-9-16(25)20-11-10-19-13-6-7-14(23(26)27)18-17(13)21-28-22-18/h1-9,19H,10-11H2,(H,20,25). The molecular formula is C18H15N5O5. The topological polar surface area (TPSA) is 140 Å². The first-order valence-corrected chi connectivity index (χ1v) is 8.25. The van der Waals surface area contributed by atoms with Crippen LogP contribution in [0.25, 0.3) is 11.0 Å². The molecule has 1 amide bonds. The van der Waals surface area contributed by atoms with Crippen LogP contribution in [0.3, 0.4) is 0 Å². The Labute approximate surface area is 158 Å². The lowest BCUT2D eigenvalue weighted by Gasteiger charge is -2.06. The van der Waals surface area contributed by atoms with Crippen molar-refractivity contribution in [2.24, 2.45) is 0 Å². The summed E-state index contributed by atoms with van der Waals surface area (Å²) in [7, 11) is 0. The Bertz CT molecular complexity index is 1040. The third-order valence-electron chi connectivity index (χ3n) is 3.77. The van der Waals surface area contributed by atoms with Gasteiger partial charge in [0.15, 0.2) is 11.3 Å². The minimum Gasteiger partial charge on any atom is -0.381 e. The molecule has 28 heavy (non-hydrogen) atoms. The number of allylic oxidation sites excluding steroid dienone is 1. The second-order valence-electron chi connectivity index (χ2n) is 5.63. The quantitative estimate of drug-likeness (QED) is 0.199. The maximum absolute atomic E-state index is 11.9. The summed E-state index contributed by atoms with van der Waals surface area (Å²) in [5.74, 6) is -0.677. The van der Waals surface area contributed by atoms with Gasteiger partial charge in [-0.25, -0.2) is 4.63 Å². The number of carbonyl (C=O) groups excluding carboxylic acids is 2. The predicted molar refractivity (Wildman–Crippen MR) is 99.9 cm³/mol. The van der Waals surface area contributed by atoms with Crippen molar-refractivity contribution in [2.45, 2.75) is 0 Å². The van der Waals surface area contributed by atoms with Crippen LogP contribution in [0, 0.1) is 10.1 Å². The van der Waals surface area contributed by atoms with Gasteiger partial charge < -0.3 is 10.6 Å². The van der Waals surface area contributed by atoms with Gasteiger partial charge in [-0.3, -0.25) is 19.7 Å². The molecule has 0 aliphatic rings. The lowest BCUT2D eigenvalue weighted by molar-refractivity contribution is -0.383.